The van der Waals surface area contributed by atoms with Gasteiger partial charge in [-0.25, -0.2) is 0 Å². The van der Waals surface area contributed by atoms with E-state index in [0.29, 0.717) is 19.3 Å². The minimum absolute atomic E-state index is 0.0929. The summed E-state index contributed by atoms with van der Waals surface area (Å²) >= 11 is 0. The number of hydrogen-bond donors (Lipinski definition) is 4. The third-order valence-electron chi connectivity index (χ3n) is 11.9. The summed E-state index contributed by atoms with van der Waals surface area (Å²) < 4.78 is 54.2. The Labute approximate surface area is 424 Å². The van der Waals surface area contributed by atoms with Crippen LogP contribution in [0.25, 0.3) is 0 Å². The molecule has 4 N–H and O–H groups in total. The van der Waals surface area contributed by atoms with Crippen molar-refractivity contribution in [3.8, 4) is 0 Å². The molecule has 0 aromatic carbocycles. The molecule has 0 aliphatic carbocycles. The molecule has 1 heterocycles. The lowest BCUT2D eigenvalue weighted by molar-refractivity contribution is -0.297. The van der Waals surface area contributed by atoms with Crippen LogP contribution in [0.15, 0.2) is 85.1 Å². The summed E-state index contributed by atoms with van der Waals surface area (Å²) in [5.41, 5.74) is 0. The summed E-state index contributed by atoms with van der Waals surface area (Å²) in [4.78, 5) is 25.5. The van der Waals surface area contributed by atoms with Crippen molar-refractivity contribution in [3.63, 3.8) is 0 Å². The van der Waals surface area contributed by atoms with Gasteiger partial charge >= 0.3 is 11.9 Å². The average molecular weight is 1010 g/mol. The van der Waals surface area contributed by atoms with E-state index in [4.69, 9.17) is 18.9 Å². The van der Waals surface area contributed by atoms with E-state index in [-0.39, 0.29) is 19.4 Å². The molecular formula is C57H96O12S. The zero-order valence-corrected chi connectivity index (χ0v) is 44.2. The van der Waals surface area contributed by atoms with Crippen molar-refractivity contribution in [1.29, 1.82) is 0 Å². The first-order valence-corrected chi connectivity index (χ1v) is 28.8. The van der Waals surface area contributed by atoms with Gasteiger partial charge in [0.15, 0.2) is 12.4 Å². The fourth-order valence-corrected chi connectivity index (χ4v) is 8.47. The zero-order valence-electron chi connectivity index (χ0n) is 43.3. The predicted molar refractivity (Wildman–Crippen MR) is 284 cm³/mol. The Kier molecular flexibility index (Phi) is 42.3. The molecule has 402 valence electrons. The fraction of sp³-hybridized carbons (Fsp3) is 0.719. The van der Waals surface area contributed by atoms with E-state index in [0.717, 1.165) is 70.6 Å². The van der Waals surface area contributed by atoms with E-state index >= 15 is 0 Å². The summed E-state index contributed by atoms with van der Waals surface area (Å²) in [7, 11) is -4.62. The number of esters is 2. The van der Waals surface area contributed by atoms with E-state index < -0.39 is 71.2 Å². The maximum atomic E-state index is 12.9. The lowest BCUT2D eigenvalue weighted by atomic mass is 10.00. The lowest BCUT2D eigenvalue weighted by Gasteiger charge is -2.40. The first-order chi connectivity index (χ1) is 34.0. The first kappa shape index (κ1) is 64.8. The Morgan fingerprint density at radius 3 is 1.44 bits per heavy atom. The normalized spacial score (nSPS) is 19.7. The molecule has 2 unspecified atom stereocenters. The van der Waals surface area contributed by atoms with Crippen LogP contribution in [0.2, 0.25) is 0 Å². The largest absolute Gasteiger partial charge is 0.462 e. The summed E-state index contributed by atoms with van der Waals surface area (Å²) in [5, 5.41) is 31.0. The number of ether oxygens (including phenoxy) is 4. The van der Waals surface area contributed by atoms with Crippen molar-refractivity contribution in [2.45, 2.75) is 243 Å². The number of rotatable bonds is 45. The van der Waals surface area contributed by atoms with E-state index in [1.54, 1.807) is 0 Å². The highest BCUT2D eigenvalue weighted by molar-refractivity contribution is 7.85. The maximum Gasteiger partial charge on any atom is 0.306 e. The van der Waals surface area contributed by atoms with Gasteiger partial charge in [-0.2, -0.15) is 8.42 Å². The third kappa shape index (κ3) is 39.4. The molecule has 0 aromatic rings. The van der Waals surface area contributed by atoms with Gasteiger partial charge < -0.3 is 34.3 Å². The Hall–Kier alpha value is -3.17. The number of carbonyl (C=O) groups excluding carboxylic acids is 2. The molecule has 0 spiro atoms. The van der Waals surface area contributed by atoms with Gasteiger partial charge in [0.05, 0.1) is 6.61 Å². The van der Waals surface area contributed by atoms with Gasteiger partial charge in [0.25, 0.3) is 10.1 Å². The Morgan fingerprint density at radius 2 is 0.929 bits per heavy atom. The van der Waals surface area contributed by atoms with Crippen molar-refractivity contribution in [2.24, 2.45) is 0 Å². The molecule has 1 aliphatic heterocycles. The highest BCUT2D eigenvalue weighted by atomic mass is 32.2. The van der Waals surface area contributed by atoms with Crippen molar-refractivity contribution < 1.29 is 56.8 Å². The van der Waals surface area contributed by atoms with Gasteiger partial charge in [-0.1, -0.05) is 189 Å². The highest BCUT2D eigenvalue weighted by Gasteiger charge is 2.46. The molecule has 13 heteroatoms. The van der Waals surface area contributed by atoms with Crippen LogP contribution in [0.1, 0.15) is 206 Å². The van der Waals surface area contributed by atoms with E-state index in [9.17, 15) is 37.9 Å². The number of unbranched alkanes of at least 4 members (excludes halogenated alkanes) is 19. The molecule has 12 nitrogen and oxygen atoms in total. The molecule has 1 aliphatic rings. The monoisotopic (exact) mass is 1000 g/mol. The predicted octanol–water partition coefficient (Wildman–Crippen LogP) is 12.8. The van der Waals surface area contributed by atoms with Gasteiger partial charge in [0.1, 0.15) is 36.8 Å². The second-order valence-corrected chi connectivity index (χ2v) is 20.0. The quantitative estimate of drug-likeness (QED) is 0.0196. The molecule has 6 atom stereocenters. The van der Waals surface area contributed by atoms with Crippen molar-refractivity contribution >= 4 is 22.1 Å². The molecule has 0 amide bonds. The van der Waals surface area contributed by atoms with Crippen LogP contribution in [0.4, 0.5) is 0 Å². The number of aliphatic hydroxyl groups excluding tert-OH is 3. The Bertz CT molecular complexity index is 1600. The van der Waals surface area contributed by atoms with Crippen LogP contribution >= 0.6 is 0 Å². The number of allylic oxidation sites excluding steroid dienone is 14. The summed E-state index contributed by atoms with van der Waals surface area (Å²) in [6, 6.07) is 0. The molecule has 0 radical (unpaired) electrons. The second-order valence-electron chi connectivity index (χ2n) is 18.5. The number of aliphatic hydroxyl groups is 3. The van der Waals surface area contributed by atoms with Crippen LogP contribution in [-0.2, 0) is 38.7 Å². The Morgan fingerprint density at radius 1 is 0.500 bits per heavy atom. The Balaban J connectivity index is 2.40. The van der Waals surface area contributed by atoms with Crippen LogP contribution < -0.4 is 0 Å². The van der Waals surface area contributed by atoms with Crippen LogP contribution in [0.5, 0.6) is 0 Å². The van der Waals surface area contributed by atoms with Crippen molar-refractivity contribution in [2.75, 3.05) is 19.0 Å². The summed E-state index contributed by atoms with van der Waals surface area (Å²) in [6.07, 6.45) is 52.1. The summed E-state index contributed by atoms with van der Waals surface area (Å²) in [5.74, 6) is -2.09. The second kappa shape index (κ2) is 45.7. The molecule has 1 saturated heterocycles. The highest BCUT2D eigenvalue weighted by Crippen LogP contribution is 2.24. The van der Waals surface area contributed by atoms with Crippen LogP contribution in [-0.4, -0.2) is 96.0 Å². The average Bonchev–Trinajstić information content (AvgIpc) is 3.33. The van der Waals surface area contributed by atoms with Crippen molar-refractivity contribution in [1.82, 2.24) is 0 Å². The third-order valence-corrected chi connectivity index (χ3v) is 12.7. The van der Waals surface area contributed by atoms with E-state index in [2.05, 4.69) is 92.8 Å². The standard InChI is InChI=1S/C57H96O12S/c1-3-5-7-9-11-13-15-17-19-21-23-24-25-26-28-30-32-34-36-38-40-42-44-46-53(59)68-50(48-67-57-56(62)55(61)54(60)51(69-57)49-70(63,64)65)47-66-52(58)45-43-41-39-37-35-33-31-29-27-22-20-18-16-14-12-10-8-6-4-2/h6,8,12,14,18,20,27,29-30,32-33,35,38,40,50-51,54-57,60-62H,3-5,7,9-11,13,15-17,19,21-26,28,31,34,36-37,39,41-49H2,1-2H3,(H,63,64,65)/b8-6+,14-12+,20-18+,29-27+,32-30+,35-33+,40-38+/t50-,51-,54-,55?,56?,57+/m1/s1. The molecule has 70 heavy (non-hydrogen) atoms. The minimum atomic E-state index is -4.62. The number of hydrogen-bond acceptors (Lipinski definition) is 11. The van der Waals surface area contributed by atoms with E-state index in [1.165, 1.54) is 89.9 Å². The van der Waals surface area contributed by atoms with E-state index in [1.807, 2.05) is 6.08 Å². The zero-order chi connectivity index (χ0) is 51.2. The van der Waals surface area contributed by atoms with Gasteiger partial charge in [-0.15, -0.1) is 0 Å². The van der Waals surface area contributed by atoms with Gasteiger partial charge in [-0.05, 0) is 89.9 Å². The van der Waals surface area contributed by atoms with Crippen LogP contribution in [0.3, 0.4) is 0 Å². The molecule has 0 saturated carbocycles. The minimum Gasteiger partial charge on any atom is -0.462 e. The van der Waals surface area contributed by atoms with Gasteiger partial charge in [-0.3, -0.25) is 14.1 Å². The molecule has 1 fully saturated rings. The fourth-order valence-electron chi connectivity index (χ4n) is 7.78. The SMILES string of the molecule is CC/C=C/C/C=C/C/C=C/C/C=C/C/C=C/CCCCCC(=O)OC[C@H](CO[C@H]1O[C@H](CS(=O)(=O)O)[C@@H](O)C(O)C1O)OC(=O)CCC/C=C/CC/C=C/CCCCCCCCCCCCCCCC. The summed E-state index contributed by atoms with van der Waals surface area (Å²) in [6.45, 7) is 3.61. The maximum absolute atomic E-state index is 12.9. The van der Waals surface area contributed by atoms with Crippen LogP contribution in [0, 0.1) is 0 Å². The van der Waals surface area contributed by atoms with Gasteiger partial charge in [0, 0.05) is 12.8 Å². The molecule has 1 rings (SSSR count). The molecule has 0 aromatic heterocycles. The molecular weight excluding hydrogens is 909 g/mol. The van der Waals surface area contributed by atoms with Crippen molar-refractivity contribution in [3.05, 3.63) is 85.1 Å². The number of carbonyl (C=O) groups is 2. The van der Waals surface area contributed by atoms with Gasteiger partial charge in [0.2, 0.25) is 0 Å². The smallest absolute Gasteiger partial charge is 0.306 e. The molecule has 0 bridgehead atoms. The topological polar surface area (TPSA) is 186 Å². The lowest BCUT2D eigenvalue weighted by Crippen LogP contribution is -2.60. The first-order valence-electron chi connectivity index (χ1n) is 27.1.